The van der Waals surface area contributed by atoms with Crippen molar-refractivity contribution in [3.8, 4) is 22.8 Å². The van der Waals surface area contributed by atoms with Crippen molar-refractivity contribution in [1.82, 2.24) is 9.88 Å². The number of fused-ring (bicyclic) bond motifs is 1. The van der Waals surface area contributed by atoms with Crippen molar-refractivity contribution in [2.75, 3.05) is 26.4 Å². The number of ether oxygens (including phenoxy) is 3. The van der Waals surface area contributed by atoms with Crippen LogP contribution in [0.5, 0.6) is 11.5 Å². The lowest BCUT2D eigenvalue weighted by molar-refractivity contribution is -0.137. The van der Waals surface area contributed by atoms with E-state index in [0.717, 1.165) is 30.7 Å². The number of hydrogen-bond acceptors (Lipinski definition) is 6. The summed E-state index contributed by atoms with van der Waals surface area (Å²) in [4.78, 5) is 18.8. The van der Waals surface area contributed by atoms with Crippen LogP contribution >= 0.6 is 22.9 Å². The lowest BCUT2D eigenvalue weighted by Crippen LogP contribution is -2.33. The Hall–Kier alpha value is -2.82. The molecule has 6 nitrogen and oxygen atoms in total. The fraction of sp³-hybridized carbons (Fsp3) is 0.385. The van der Waals surface area contributed by atoms with Gasteiger partial charge in [-0.3, -0.25) is 9.78 Å². The highest BCUT2D eigenvalue weighted by atomic mass is 35.5. The maximum absolute atomic E-state index is 13.2. The average Bonchev–Trinajstić information content (AvgIpc) is 3.52. The predicted molar refractivity (Wildman–Crippen MR) is 133 cm³/mol. The van der Waals surface area contributed by atoms with Gasteiger partial charge in [-0.15, -0.1) is 0 Å². The van der Waals surface area contributed by atoms with Crippen LogP contribution in [0.15, 0.2) is 41.2 Å². The second kappa shape index (κ2) is 10.9. The first-order valence-electron chi connectivity index (χ1n) is 11.8. The lowest BCUT2D eigenvalue weighted by atomic mass is 10.0. The Bertz CT molecular complexity index is 1260. The highest BCUT2D eigenvalue weighted by Crippen LogP contribution is 2.41. The van der Waals surface area contributed by atoms with Crippen molar-refractivity contribution in [3.63, 3.8) is 0 Å². The quantitative estimate of drug-likeness (QED) is 0.375. The van der Waals surface area contributed by atoms with Crippen LogP contribution < -0.4 is 9.47 Å². The van der Waals surface area contributed by atoms with E-state index in [4.69, 9.17) is 25.8 Å². The first-order valence-corrected chi connectivity index (χ1v) is 13.2. The Morgan fingerprint density at radius 1 is 1.27 bits per heavy atom. The van der Waals surface area contributed by atoms with Gasteiger partial charge in [-0.1, -0.05) is 11.6 Å². The molecule has 0 N–H and O–H groups in total. The topological polar surface area (TPSA) is 60.9 Å². The summed E-state index contributed by atoms with van der Waals surface area (Å²) >= 11 is 7.79. The van der Waals surface area contributed by atoms with Crippen LogP contribution in [0.1, 0.15) is 29.5 Å². The molecule has 1 fully saturated rings. The van der Waals surface area contributed by atoms with Gasteiger partial charge >= 0.3 is 6.18 Å². The summed E-state index contributed by atoms with van der Waals surface area (Å²) < 4.78 is 57.3. The Morgan fingerprint density at radius 2 is 2.14 bits per heavy atom. The van der Waals surface area contributed by atoms with Crippen molar-refractivity contribution in [2.24, 2.45) is 0 Å². The Labute approximate surface area is 220 Å². The van der Waals surface area contributed by atoms with Crippen LogP contribution in [0.3, 0.4) is 0 Å². The van der Waals surface area contributed by atoms with E-state index in [9.17, 15) is 18.0 Å². The van der Waals surface area contributed by atoms with Gasteiger partial charge in [-0.25, -0.2) is 0 Å². The number of nitrogens with zero attached hydrogens (tertiary/aromatic N) is 2. The smallest absolute Gasteiger partial charge is 0.417 e. The van der Waals surface area contributed by atoms with Crippen LogP contribution in [0.2, 0.25) is 5.02 Å². The van der Waals surface area contributed by atoms with Gasteiger partial charge in [-0.2, -0.15) is 24.5 Å². The number of hydrogen-bond donors (Lipinski definition) is 0. The minimum absolute atomic E-state index is 0.0484. The van der Waals surface area contributed by atoms with Crippen LogP contribution in [0, 0.1) is 0 Å². The molecule has 2 aliphatic heterocycles. The fourth-order valence-electron chi connectivity index (χ4n) is 4.38. The van der Waals surface area contributed by atoms with Gasteiger partial charge < -0.3 is 19.1 Å². The number of halogens is 4. The molecule has 196 valence electrons. The van der Waals surface area contributed by atoms with Gasteiger partial charge in [0.05, 0.1) is 35.3 Å². The van der Waals surface area contributed by atoms with Gasteiger partial charge in [0.1, 0.15) is 13.2 Å². The predicted octanol–water partition coefficient (Wildman–Crippen LogP) is 6.00. The van der Waals surface area contributed by atoms with E-state index >= 15 is 0 Å². The van der Waals surface area contributed by atoms with Gasteiger partial charge in [0.25, 0.3) is 0 Å². The third-order valence-electron chi connectivity index (χ3n) is 6.28. The molecule has 1 atom stereocenters. The molecule has 1 amide bonds. The number of pyridine rings is 1. The van der Waals surface area contributed by atoms with Gasteiger partial charge in [0.15, 0.2) is 11.5 Å². The van der Waals surface area contributed by atoms with Crippen molar-refractivity contribution in [1.29, 1.82) is 0 Å². The van der Waals surface area contributed by atoms with Crippen molar-refractivity contribution < 1.29 is 32.2 Å². The molecule has 3 aromatic rings. The number of carbonyl (C=O) groups excluding carboxylic acids is 1. The first kappa shape index (κ1) is 25.8. The van der Waals surface area contributed by atoms with E-state index < -0.39 is 11.7 Å². The highest BCUT2D eigenvalue weighted by molar-refractivity contribution is 7.08. The van der Waals surface area contributed by atoms with Gasteiger partial charge in [-0.05, 0) is 53.4 Å². The normalized spacial score (nSPS) is 17.7. The summed E-state index contributed by atoms with van der Waals surface area (Å²) in [5.74, 6) is 0.858. The molecule has 0 bridgehead atoms. The number of alkyl halides is 3. The molecule has 0 spiro atoms. The summed E-state index contributed by atoms with van der Waals surface area (Å²) in [7, 11) is 0. The molecule has 1 unspecified atom stereocenters. The van der Waals surface area contributed by atoms with Crippen LogP contribution in [-0.4, -0.2) is 48.3 Å². The number of aromatic nitrogens is 1. The third-order valence-corrected chi connectivity index (χ3v) is 7.30. The molecule has 0 radical (unpaired) electrons. The van der Waals surface area contributed by atoms with E-state index in [-0.39, 0.29) is 42.3 Å². The number of thiophene rings is 1. The summed E-state index contributed by atoms with van der Waals surface area (Å²) in [6.07, 6.45) is -1.76. The molecule has 4 heterocycles. The summed E-state index contributed by atoms with van der Waals surface area (Å²) in [5.41, 5.74) is 1.32. The standard InChI is InChI=1S/C26H24ClF3N2O4S/c27-21-11-19(26(28,29)30)12-31-24(21)17-9-18-13-32(23(33)8-16-3-7-37-15-16)4-6-35-25(18)22(10-17)36-14-20-2-1-5-34-20/h3,7,9-12,15,20H,1-2,4-6,8,13-14H2. The Balaban J connectivity index is 1.48. The summed E-state index contributed by atoms with van der Waals surface area (Å²) in [5, 5.41) is 3.72. The van der Waals surface area contributed by atoms with Gasteiger partial charge in [0.2, 0.25) is 5.91 Å². The molecule has 37 heavy (non-hydrogen) atoms. The number of amides is 1. The highest BCUT2D eigenvalue weighted by Gasteiger charge is 2.32. The molecule has 2 aliphatic rings. The van der Waals surface area contributed by atoms with Gasteiger partial charge in [0, 0.05) is 30.5 Å². The maximum atomic E-state index is 13.2. The SMILES string of the molecule is O=C(Cc1ccsc1)N1CCOc2c(cc(-c3ncc(C(F)(F)F)cc3Cl)cc2OCC2CCCO2)C1. The first-order chi connectivity index (χ1) is 17.8. The molecule has 5 rings (SSSR count). The minimum atomic E-state index is -4.56. The third kappa shape index (κ3) is 6.02. The molecule has 1 aromatic carbocycles. The molecule has 11 heteroatoms. The largest absolute Gasteiger partial charge is 0.487 e. The number of rotatable bonds is 6. The molecular weight excluding hydrogens is 529 g/mol. The maximum Gasteiger partial charge on any atom is 0.417 e. The van der Waals surface area contributed by atoms with E-state index in [1.54, 1.807) is 17.0 Å². The second-order valence-electron chi connectivity index (χ2n) is 8.93. The fourth-order valence-corrected chi connectivity index (χ4v) is 5.33. The van der Waals surface area contributed by atoms with E-state index in [0.29, 0.717) is 42.4 Å². The molecular formula is C26H24ClF3N2O4S. The minimum Gasteiger partial charge on any atom is -0.487 e. The Morgan fingerprint density at radius 3 is 2.84 bits per heavy atom. The zero-order valence-electron chi connectivity index (χ0n) is 19.7. The number of benzene rings is 1. The van der Waals surface area contributed by atoms with E-state index in [2.05, 4.69) is 4.98 Å². The van der Waals surface area contributed by atoms with E-state index in [1.807, 2.05) is 16.8 Å². The van der Waals surface area contributed by atoms with Crippen LogP contribution in [0.25, 0.3) is 11.3 Å². The summed E-state index contributed by atoms with van der Waals surface area (Å²) in [6.45, 7) is 1.89. The zero-order valence-corrected chi connectivity index (χ0v) is 21.3. The zero-order chi connectivity index (χ0) is 26.0. The van der Waals surface area contributed by atoms with Crippen LogP contribution in [-0.2, 0) is 28.7 Å². The summed E-state index contributed by atoms with van der Waals surface area (Å²) in [6, 6.07) is 6.18. The van der Waals surface area contributed by atoms with Crippen LogP contribution in [0.4, 0.5) is 13.2 Å². The van der Waals surface area contributed by atoms with Crippen molar-refractivity contribution in [2.45, 2.75) is 38.1 Å². The monoisotopic (exact) mass is 552 g/mol. The molecule has 0 saturated carbocycles. The molecule has 0 aliphatic carbocycles. The number of carbonyl (C=O) groups is 1. The lowest BCUT2D eigenvalue weighted by Gasteiger charge is -2.21. The Kier molecular flexibility index (Phi) is 7.60. The van der Waals surface area contributed by atoms with E-state index in [1.165, 1.54) is 11.3 Å². The molecule has 1 saturated heterocycles. The van der Waals surface area contributed by atoms with Crippen molar-refractivity contribution in [3.05, 3.63) is 62.9 Å². The second-order valence-corrected chi connectivity index (χ2v) is 10.1. The average molecular weight is 553 g/mol. The van der Waals surface area contributed by atoms with Crippen molar-refractivity contribution >= 4 is 28.8 Å². The molecule has 2 aromatic heterocycles.